The molecule has 1 aromatic carbocycles. The second kappa shape index (κ2) is 5.08. The number of carbonyl (C=O) groups excluding carboxylic acids is 1. The smallest absolute Gasteiger partial charge is 0.231 e. The molecule has 17 heavy (non-hydrogen) atoms. The average Bonchev–Trinajstić information content (AvgIpc) is 2.75. The standard InChI is InChI=1S/C13H17NO3/c1-10(15)14(2)7-3-4-11-5-6-12-13(8-11)17-9-16-12/h5-6,8H,3-4,7,9H2,1-2H3. The van der Waals surface area contributed by atoms with Gasteiger partial charge in [0.25, 0.3) is 0 Å². The SMILES string of the molecule is CC(=O)N(C)CCCc1ccc2c(c1)OCO2. The summed E-state index contributed by atoms with van der Waals surface area (Å²) in [5, 5.41) is 0. The summed E-state index contributed by atoms with van der Waals surface area (Å²) in [6.07, 6.45) is 1.89. The van der Waals surface area contributed by atoms with Crippen LogP contribution in [-0.2, 0) is 11.2 Å². The fourth-order valence-electron chi connectivity index (χ4n) is 1.77. The van der Waals surface area contributed by atoms with Crippen molar-refractivity contribution in [3.05, 3.63) is 23.8 Å². The minimum atomic E-state index is 0.107. The van der Waals surface area contributed by atoms with Crippen LogP contribution in [0.2, 0.25) is 0 Å². The van der Waals surface area contributed by atoms with Crippen LogP contribution in [0.5, 0.6) is 11.5 Å². The summed E-state index contributed by atoms with van der Waals surface area (Å²) in [5.41, 5.74) is 1.21. The molecule has 0 spiro atoms. The van der Waals surface area contributed by atoms with E-state index in [1.54, 1.807) is 11.8 Å². The van der Waals surface area contributed by atoms with Gasteiger partial charge in [-0.1, -0.05) is 6.07 Å². The van der Waals surface area contributed by atoms with Gasteiger partial charge in [0.05, 0.1) is 0 Å². The van der Waals surface area contributed by atoms with Gasteiger partial charge in [0.1, 0.15) is 0 Å². The normalized spacial score (nSPS) is 12.6. The Balaban J connectivity index is 1.85. The number of benzene rings is 1. The van der Waals surface area contributed by atoms with Crippen molar-refractivity contribution in [2.75, 3.05) is 20.4 Å². The van der Waals surface area contributed by atoms with E-state index in [0.717, 1.165) is 30.9 Å². The number of ether oxygens (including phenoxy) is 2. The Morgan fingerprint density at radius 1 is 1.35 bits per heavy atom. The first kappa shape index (κ1) is 11.8. The van der Waals surface area contributed by atoms with Crippen LogP contribution in [0.1, 0.15) is 18.9 Å². The highest BCUT2D eigenvalue weighted by Crippen LogP contribution is 2.32. The van der Waals surface area contributed by atoms with E-state index in [-0.39, 0.29) is 5.91 Å². The van der Waals surface area contributed by atoms with Gasteiger partial charge in [0.15, 0.2) is 11.5 Å². The molecule has 0 fully saturated rings. The predicted molar refractivity (Wildman–Crippen MR) is 64.2 cm³/mol. The molecule has 0 aliphatic carbocycles. The number of amides is 1. The van der Waals surface area contributed by atoms with Crippen molar-refractivity contribution in [1.82, 2.24) is 4.90 Å². The summed E-state index contributed by atoms with van der Waals surface area (Å²) < 4.78 is 10.6. The highest BCUT2D eigenvalue weighted by molar-refractivity contribution is 5.72. The van der Waals surface area contributed by atoms with Gasteiger partial charge in [0, 0.05) is 20.5 Å². The van der Waals surface area contributed by atoms with Crippen molar-refractivity contribution in [2.24, 2.45) is 0 Å². The van der Waals surface area contributed by atoms with Crippen LogP contribution in [0.25, 0.3) is 0 Å². The maximum Gasteiger partial charge on any atom is 0.231 e. The second-order valence-corrected chi connectivity index (χ2v) is 4.23. The lowest BCUT2D eigenvalue weighted by Crippen LogP contribution is -2.25. The van der Waals surface area contributed by atoms with Crippen molar-refractivity contribution in [3.63, 3.8) is 0 Å². The highest BCUT2D eigenvalue weighted by atomic mass is 16.7. The summed E-state index contributed by atoms with van der Waals surface area (Å²) in [4.78, 5) is 12.8. The summed E-state index contributed by atoms with van der Waals surface area (Å²) in [6, 6.07) is 5.99. The van der Waals surface area contributed by atoms with Crippen LogP contribution in [0.4, 0.5) is 0 Å². The lowest BCUT2D eigenvalue weighted by Gasteiger charge is -2.14. The van der Waals surface area contributed by atoms with Gasteiger partial charge in [-0.25, -0.2) is 0 Å². The molecule has 1 heterocycles. The molecule has 92 valence electrons. The zero-order valence-corrected chi connectivity index (χ0v) is 10.2. The molecular formula is C13H17NO3. The van der Waals surface area contributed by atoms with Crippen LogP contribution in [0, 0.1) is 0 Å². The van der Waals surface area contributed by atoms with E-state index in [1.165, 1.54) is 5.56 Å². The quantitative estimate of drug-likeness (QED) is 0.799. The number of hydrogen-bond donors (Lipinski definition) is 0. The average molecular weight is 235 g/mol. The van der Waals surface area contributed by atoms with Crippen LogP contribution in [0.3, 0.4) is 0 Å². The Labute approximate surface area is 101 Å². The summed E-state index contributed by atoms with van der Waals surface area (Å²) in [7, 11) is 1.82. The molecule has 0 radical (unpaired) electrons. The first-order chi connectivity index (χ1) is 8.16. The molecule has 0 aromatic heterocycles. The number of nitrogens with zero attached hydrogens (tertiary/aromatic N) is 1. The summed E-state index contributed by atoms with van der Waals surface area (Å²) in [6.45, 7) is 2.68. The largest absolute Gasteiger partial charge is 0.454 e. The zero-order valence-electron chi connectivity index (χ0n) is 10.2. The van der Waals surface area contributed by atoms with E-state index in [2.05, 4.69) is 0 Å². The maximum atomic E-state index is 11.0. The highest BCUT2D eigenvalue weighted by Gasteiger charge is 2.13. The van der Waals surface area contributed by atoms with E-state index >= 15 is 0 Å². The molecule has 4 heteroatoms. The first-order valence-corrected chi connectivity index (χ1v) is 5.77. The van der Waals surface area contributed by atoms with Gasteiger partial charge in [0.2, 0.25) is 12.7 Å². The third-order valence-corrected chi connectivity index (χ3v) is 2.93. The monoisotopic (exact) mass is 235 g/mol. The molecule has 1 aromatic rings. The lowest BCUT2D eigenvalue weighted by molar-refractivity contribution is -0.127. The lowest BCUT2D eigenvalue weighted by atomic mass is 10.1. The third kappa shape index (κ3) is 2.90. The summed E-state index contributed by atoms with van der Waals surface area (Å²) in [5.74, 6) is 1.74. The van der Waals surface area contributed by atoms with Gasteiger partial charge in [-0.2, -0.15) is 0 Å². The van der Waals surface area contributed by atoms with Crippen LogP contribution >= 0.6 is 0 Å². The Hall–Kier alpha value is -1.71. The third-order valence-electron chi connectivity index (χ3n) is 2.93. The molecule has 0 atom stereocenters. The van der Waals surface area contributed by atoms with Gasteiger partial charge in [-0.3, -0.25) is 4.79 Å². The van der Waals surface area contributed by atoms with Crippen LogP contribution in [-0.4, -0.2) is 31.2 Å². The van der Waals surface area contributed by atoms with E-state index < -0.39 is 0 Å². The molecule has 4 nitrogen and oxygen atoms in total. The fraction of sp³-hybridized carbons (Fsp3) is 0.462. The molecule has 0 saturated carbocycles. The van der Waals surface area contributed by atoms with Crippen LogP contribution < -0.4 is 9.47 Å². The number of fused-ring (bicyclic) bond motifs is 1. The molecule has 1 amide bonds. The fourth-order valence-corrected chi connectivity index (χ4v) is 1.77. The van der Waals surface area contributed by atoms with Crippen molar-refractivity contribution in [3.8, 4) is 11.5 Å². The van der Waals surface area contributed by atoms with E-state index in [0.29, 0.717) is 6.79 Å². The number of hydrogen-bond acceptors (Lipinski definition) is 3. The van der Waals surface area contributed by atoms with Crippen molar-refractivity contribution < 1.29 is 14.3 Å². The van der Waals surface area contributed by atoms with Gasteiger partial charge in [-0.15, -0.1) is 0 Å². The molecule has 1 aliphatic heterocycles. The Morgan fingerprint density at radius 2 is 2.12 bits per heavy atom. The molecular weight excluding hydrogens is 218 g/mol. The molecule has 0 unspecified atom stereocenters. The van der Waals surface area contributed by atoms with E-state index in [1.807, 2.05) is 25.2 Å². The van der Waals surface area contributed by atoms with Gasteiger partial charge >= 0.3 is 0 Å². The van der Waals surface area contributed by atoms with Crippen LogP contribution in [0.15, 0.2) is 18.2 Å². The van der Waals surface area contributed by atoms with Gasteiger partial charge < -0.3 is 14.4 Å². The Morgan fingerprint density at radius 3 is 2.88 bits per heavy atom. The van der Waals surface area contributed by atoms with Gasteiger partial charge in [-0.05, 0) is 30.5 Å². The van der Waals surface area contributed by atoms with E-state index in [9.17, 15) is 4.79 Å². The first-order valence-electron chi connectivity index (χ1n) is 5.77. The Bertz CT molecular complexity index is 417. The molecule has 0 saturated heterocycles. The van der Waals surface area contributed by atoms with Crippen molar-refractivity contribution in [1.29, 1.82) is 0 Å². The summed E-state index contributed by atoms with van der Waals surface area (Å²) >= 11 is 0. The number of rotatable bonds is 4. The maximum absolute atomic E-state index is 11.0. The molecule has 0 bridgehead atoms. The minimum absolute atomic E-state index is 0.107. The Kier molecular flexibility index (Phi) is 3.52. The minimum Gasteiger partial charge on any atom is -0.454 e. The molecule has 2 rings (SSSR count). The topological polar surface area (TPSA) is 38.8 Å². The number of carbonyl (C=O) groups is 1. The zero-order chi connectivity index (χ0) is 12.3. The number of aryl methyl sites for hydroxylation is 1. The molecule has 1 aliphatic rings. The van der Waals surface area contributed by atoms with Crippen molar-refractivity contribution >= 4 is 5.91 Å². The molecule has 0 N–H and O–H groups in total. The van der Waals surface area contributed by atoms with E-state index in [4.69, 9.17) is 9.47 Å². The second-order valence-electron chi connectivity index (χ2n) is 4.23. The predicted octanol–water partition coefficient (Wildman–Crippen LogP) is 1.83. The van der Waals surface area contributed by atoms with Crippen molar-refractivity contribution in [2.45, 2.75) is 19.8 Å².